The minimum absolute atomic E-state index is 0.270. The molecule has 0 saturated heterocycles. The van der Waals surface area contributed by atoms with Crippen molar-refractivity contribution in [3.8, 4) is 0 Å². The second-order valence-corrected chi connectivity index (χ2v) is 13.7. The molecule has 0 heterocycles. The summed E-state index contributed by atoms with van der Waals surface area (Å²) in [5.41, 5.74) is -0.0921. The van der Waals surface area contributed by atoms with Crippen molar-refractivity contribution in [2.24, 2.45) is 0 Å². The zero-order valence-corrected chi connectivity index (χ0v) is 29.2. The fraction of sp³-hybridized carbons (Fsp3) is 0.605. The van der Waals surface area contributed by atoms with Crippen molar-refractivity contribution in [3.63, 3.8) is 0 Å². The van der Waals surface area contributed by atoms with Crippen LogP contribution in [0.4, 0.5) is 0 Å². The number of benzene rings is 2. The van der Waals surface area contributed by atoms with Gasteiger partial charge in [0, 0.05) is 11.1 Å². The van der Waals surface area contributed by atoms with Crippen LogP contribution < -0.4 is 0 Å². The fourth-order valence-electron chi connectivity index (χ4n) is 5.42. The third-order valence-electron chi connectivity index (χ3n) is 8.77. The molecule has 2 N–H and O–H groups in total. The number of hydrogen-bond donors (Lipinski definition) is 2. The van der Waals surface area contributed by atoms with Crippen LogP contribution in [0.25, 0.3) is 0 Å². The molecule has 0 aromatic heterocycles. The predicted molar refractivity (Wildman–Crippen MR) is 185 cm³/mol. The first-order valence-corrected chi connectivity index (χ1v) is 18.0. The lowest BCUT2D eigenvalue weighted by atomic mass is 9.85. The molecular weight excluding hydrogens is 584 g/mol. The zero-order valence-electron chi connectivity index (χ0n) is 28.4. The topological polar surface area (TPSA) is 101 Å². The van der Waals surface area contributed by atoms with E-state index in [1.165, 1.54) is 11.8 Å². The average molecular weight is 641 g/mol. The van der Waals surface area contributed by atoms with Gasteiger partial charge in [-0.05, 0) is 50.2 Å². The highest BCUT2D eigenvalue weighted by molar-refractivity contribution is 8.01. The fourth-order valence-corrected chi connectivity index (χ4v) is 6.64. The van der Waals surface area contributed by atoms with Gasteiger partial charge in [0.05, 0.1) is 11.9 Å². The third kappa shape index (κ3) is 11.1. The predicted octanol–water partition coefficient (Wildman–Crippen LogP) is 9.05. The van der Waals surface area contributed by atoms with Gasteiger partial charge in [0.15, 0.2) is 11.6 Å². The molecule has 0 aliphatic heterocycles. The Bertz CT molecular complexity index is 1120. The Hall–Kier alpha value is -2.48. The van der Waals surface area contributed by atoms with E-state index in [-0.39, 0.29) is 22.8 Å². The molecule has 0 saturated carbocycles. The molecule has 2 aromatic rings. The molecule has 3 unspecified atom stereocenters. The molecule has 2 rings (SSSR count). The summed E-state index contributed by atoms with van der Waals surface area (Å²) in [6.45, 7) is 12.1. The first-order valence-electron chi connectivity index (χ1n) is 17.1. The first-order chi connectivity index (χ1) is 21.5. The van der Waals surface area contributed by atoms with E-state index in [0.29, 0.717) is 43.4 Å². The van der Waals surface area contributed by atoms with Crippen LogP contribution in [0, 0.1) is 0 Å². The highest BCUT2D eigenvalue weighted by Crippen LogP contribution is 2.39. The number of ketones is 2. The number of Topliss-reactive ketones (excluding diaryl/α,β-unsaturated/α-hetero) is 2. The molecule has 45 heavy (non-hydrogen) atoms. The molecule has 0 fully saturated rings. The Morgan fingerprint density at radius 2 is 1.09 bits per heavy atom. The van der Waals surface area contributed by atoms with E-state index >= 15 is 0 Å². The van der Waals surface area contributed by atoms with Crippen molar-refractivity contribution in [3.05, 3.63) is 70.8 Å². The Morgan fingerprint density at radius 3 is 1.47 bits per heavy atom. The molecule has 0 bridgehead atoms. The van der Waals surface area contributed by atoms with Crippen molar-refractivity contribution < 1.29 is 29.3 Å². The Morgan fingerprint density at radius 1 is 0.667 bits per heavy atom. The SMILES string of the molecule is CCCCCCOC(=O)C(C)SC(c1ccc(C(=O)C(O)(CC)CCCC)cc1)c1ccc(C(=O)C(O)(CC)CCCC)cc1. The summed E-state index contributed by atoms with van der Waals surface area (Å²) in [6.07, 6.45) is 8.98. The number of esters is 1. The normalized spacial score (nSPS) is 15.5. The summed E-state index contributed by atoms with van der Waals surface area (Å²) < 4.78 is 5.58. The minimum atomic E-state index is -1.39. The highest BCUT2D eigenvalue weighted by Gasteiger charge is 2.35. The molecule has 0 amide bonds. The summed E-state index contributed by atoms with van der Waals surface area (Å²) in [4.78, 5) is 39.5. The van der Waals surface area contributed by atoms with Crippen LogP contribution in [0.1, 0.15) is 156 Å². The van der Waals surface area contributed by atoms with Crippen molar-refractivity contribution >= 4 is 29.3 Å². The molecule has 7 heteroatoms. The van der Waals surface area contributed by atoms with E-state index < -0.39 is 16.5 Å². The Balaban J connectivity index is 2.37. The lowest BCUT2D eigenvalue weighted by molar-refractivity contribution is -0.142. The molecule has 0 aliphatic carbocycles. The second kappa shape index (κ2) is 19.2. The smallest absolute Gasteiger partial charge is 0.318 e. The van der Waals surface area contributed by atoms with Crippen molar-refractivity contribution in [2.45, 2.75) is 140 Å². The van der Waals surface area contributed by atoms with E-state index in [2.05, 4.69) is 6.92 Å². The van der Waals surface area contributed by atoms with Crippen LogP contribution in [-0.2, 0) is 9.53 Å². The first kappa shape index (κ1) is 38.7. The summed E-state index contributed by atoms with van der Waals surface area (Å²) in [7, 11) is 0. The van der Waals surface area contributed by atoms with Gasteiger partial charge in [-0.3, -0.25) is 14.4 Å². The van der Waals surface area contributed by atoms with E-state index in [1.807, 2.05) is 58.9 Å². The lowest BCUT2D eigenvalue weighted by Gasteiger charge is -2.26. The number of ether oxygens (including phenoxy) is 1. The summed E-state index contributed by atoms with van der Waals surface area (Å²) in [5, 5.41) is 21.4. The summed E-state index contributed by atoms with van der Waals surface area (Å²) in [6, 6.07) is 14.5. The van der Waals surface area contributed by atoms with E-state index in [9.17, 15) is 24.6 Å². The molecule has 0 spiro atoms. The van der Waals surface area contributed by atoms with Crippen molar-refractivity contribution in [2.75, 3.05) is 6.61 Å². The van der Waals surface area contributed by atoms with Gasteiger partial charge in [-0.2, -0.15) is 0 Å². The van der Waals surface area contributed by atoms with Crippen LogP contribution in [-0.4, -0.2) is 50.8 Å². The standard InChI is InChI=1S/C38H56O6S/c1-7-12-15-16-27-44-36(41)28(6)45-33(29-17-21-31(22-18-29)34(39)37(42,10-4)25-13-8-2)30-19-23-32(24-20-30)35(40)38(43,11-5)26-14-9-3/h17-24,28,33,42-43H,7-16,25-27H2,1-6H3. The molecule has 0 aliphatic rings. The van der Waals surface area contributed by atoms with Gasteiger partial charge in [-0.1, -0.05) is 128 Å². The number of carbonyl (C=O) groups excluding carboxylic acids is 3. The summed E-state index contributed by atoms with van der Waals surface area (Å²) >= 11 is 1.45. The maximum atomic E-state index is 13.3. The number of hydrogen-bond acceptors (Lipinski definition) is 7. The molecule has 250 valence electrons. The monoisotopic (exact) mass is 640 g/mol. The maximum absolute atomic E-state index is 13.3. The molecule has 2 aromatic carbocycles. The van der Waals surface area contributed by atoms with Gasteiger partial charge in [0.25, 0.3) is 0 Å². The van der Waals surface area contributed by atoms with Gasteiger partial charge in [-0.15, -0.1) is 11.8 Å². The number of aliphatic hydroxyl groups is 2. The quantitative estimate of drug-likeness (QED) is 0.0752. The van der Waals surface area contributed by atoms with Crippen LogP contribution in [0.5, 0.6) is 0 Å². The summed E-state index contributed by atoms with van der Waals surface area (Å²) in [5.74, 6) is -0.819. The Kier molecular flexibility index (Phi) is 16.5. The average Bonchev–Trinajstić information content (AvgIpc) is 3.07. The molecule has 6 nitrogen and oxygen atoms in total. The van der Waals surface area contributed by atoms with E-state index in [1.54, 1.807) is 24.3 Å². The number of carbonyl (C=O) groups is 3. The molecule has 3 atom stereocenters. The van der Waals surface area contributed by atoms with Gasteiger partial charge in [0.2, 0.25) is 0 Å². The maximum Gasteiger partial charge on any atom is 0.318 e. The molecule has 0 radical (unpaired) electrons. The van der Waals surface area contributed by atoms with Crippen LogP contribution in [0.3, 0.4) is 0 Å². The lowest BCUT2D eigenvalue weighted by Crippen LogP contribution is -2.38. The molecular formula is C38H56O6S. The third-order valence-corrected chi connectivity index (χ3v) is 10.2. The second-order valence-electron chi connectivity index (χ2n) is 12.3. The van der Waals surface area contributed by atoms with Crippen molar-refractivity contribution in [1.29, 1.82) is 0 Å². The largest absolute Gasteiger partial charge is 0.465 e. The van der Waals surface area contributed by atoms with Gasteiger partial charge in [0.1, 0.15) is 16.5 Å². The Labute approximate surface area is 275 Å². The van der Waals surface area contributed by atoms with Crippen LogP contribution in [0.2, 0.25) is 0 Å². The van der Waals surface area contributed by atoms with E-state index in [0.717, 1.165) is 62.5 Å². The highest BCUT2D eigenvalue weighted by atomic mass is 32.2. The van der Waals surface area contributed by atoms with Gasteiger partial charge in [-0.25, -0.2) is 0 Å². The van der Waals surface area contributed by atoms with Crippen LogP contribution in [0.15, 0.2) is 48.5 Å². The van der Waals surface area contributed by atoms with E-state index in [4.69, 9.17) is 4.74 Å². The number of rotatable bonds is 22. The van der Waals surface area contributed by atoms with Crippen molar-refractivity contribution in [1.82, 2.24) is 0 Å². The minimum Gasteiger partial charge on any atom is -0.465 e. The zero-order chi connectivity index (χ0) is 33.5. The van der Waals surface area contributed by atoms with Gasteiger partial charge >= 0.3 is 5.97 Å². The number of unbranched alkanes of at least 4 members (excludes halogenated alkanes) is 5. The number of thioether (sulfide) groups is 1. The van der Waals surface area contributed by atoms with Crippen LogP contribution >= 0.6 is 11.8 Å². The van der Waals surface area contributed by atoms with Gasteiger partial charge < -0.3 is 14.9 Å².